The molecule has 3 aliphatic rings. The van der Waals surface area contributed by atoms with E-state index in [9.17, 15) is 38.7 Å². The number of benzene rings is 2. The minimum atomic E-state index is -2.01. The Morgan fingerprint density at radius 1 is 1.05 bits per heavy atom. The average Bonchev–Trinajstić information content (AvgIpc) is 3.64. The monoisotopic (exact) mass is 865 g/mol. The molecule has 2 aromatic heterocycles. The Balaban J connectivity index is 0.988. The van der Waals surface area contributed by atoms with E-state index in [4.69, 9.17) is 15.5 Å². The number of aliphatic hydroxyl groups is 1. The standard InChI is InChI=1S/C46H52FN7O9/c1-4-46(62)33-17-37-42-31(22-54(37)44(60)32(33)24-63-45(46)61)41-35(13-12-30-25(2)34(47)18-36(52-42)40(30)41)51-39(58)23-53(3)14-8-11-28(55)20-50-43(59)27(15-26-9-6-5-7-10-26)16-29(56)21-49-38(57)19-48/h5-7,9-10,17-18,27,35,62H,4,8,11-16,19-24,48H2,1-3H3,(H,49,57)(H,50,59)(H,51,58)/t27-,35+,46+/m1/s1. The largest absolute Gasteiger partial charge is 0.458 e. The Kier molecular flexibility index (Phi) is 13.3. The second-order valence-corrected chi connectivity index (χ2v) is 16.7. The average molecular weight is 866 g/mol. The summed E-state index contributed by atoms with van der Waals surface area (Å²) in [6.07, 6.45) is 1.60. The number of fused-ring (bicyclic) bond motifs is 5. The van der Waals surface area contributed by atoms with Gasteiger partial charge in [-0.25, -0.2) is 14.2 Å². The predicted molar refractivity (Wildman–Crippen MR) is 228 cm³/mol. The number of esters is 1. The SMILES string of the molecule is CC[C@@]1(O)C(=O)OCc2c1cc1n(c2=O)Cc2c-1nc1cc(F)c(C)c3c1c2[C@@H](NC(=O)CN(C)CCCC(=O)CNC(=O)[C@@H](CC(=O)CNC(=O)CN)Cc1ccccc1)CC3. The summed E-state index contributed by atoms with van der Waals surface area (Å²) in [7, 11) is 1.76. The summed E-state index contributed by atoms with van der Waals surface area (Å²) < 4.78 is 22.1. The first kappa shape index (κ1) is 44.9. The summed E-state index contributed by atoms with van der Waals surface area (Å²) in [5, 5.41) is 20.3. The molecule has 1 aliphatic carbocycles. The molecule has 3 atom stereocenters. The smallest absolute Gasteiger partial charge is 0.343 e. The minimum Gasteiger partial charge on any atom is -0.458 e. The van der Waals surface area contributed by atoms with Gasteiger partial charge in [0.1, 0.15) is 12.4 Å². The maximum absolute atomic E-state index is 15.3. The van der Waals surface area contributed by atoms with E-state index in [0.717, 1.165) is 22.1 Å². The van der Waals surface area contributed by atoms with Gasteiger partial charge in [-0.3, -0.25) is 33.7 Å². The molecule has 17 heteroatoms. The van der Waals surface area contributed by atoms with Gasteiger partial charge in [0.2, 0.25) is 17.7 Å². The van der Waals surface area contributed by atoms with E-state index in [0.29, 0.717) is 53.8 Å². The van der Waals surface area contributed by atoms with Gasteiger partial charge in [-0.1, -0.05) is 37.3 Å². The van der Waals surface area contributed by atoms with Crippen LogP contribution in [0.4, 0.5) is 4.39 Å². The molecule has 63 heavy (non-hydrogen) atoms. The zero-order chi connectivity index (χ0) is 45.2. The fourth-order valence-corrected chi connectivity index (χ4v) is 9.00. The summed E-state index contributed by atoms with van der Waals surface area (Å²) in [4.78, 5) is 97.2. The summed E-state index contributed by atoms with van der Waals surface area (Å²) >= 11 is 0. The first-order chi connectivity index (χ1) is 30.1. The summed E-state index contributed by atoms with van der Waals surface area (Å²) in [5.41, 5.74) is 7.93. The predicted octanol–water partition coefficient (Wildman–Crippen LogP) is 1.92. The quantitative estimate of drug-likeness (QED) is 0.0796. The van der Waals surface area contributed by atoms with Crippen molar-refractivity contribution in [3.8, 4) is 11.4 Å². The lowest BCUT2D eigenvalue weighted by atomic mass is 9.81. The molecule has 2 aliphatic heterocycles. The molecule has 7 rings (SSSR count). The van der Waals surface area contributed by atoms with Crippen LogP contribution in [-0.4, -0.2) is 94.6 Å². The molecule has 6 N–H and O–H groups in total. The molecule has 2 aromatic carbocycles. The maximum Gasteiger partial charge on any atom is 0.343 e. The highest BCUT2D eigenvalue weighted by Gasteiger charge is 2.46. The number of nitrogens with zero attached hydrogens (tertiary/aromatic N) is 3. The van der Waals surface area contributed by atoms with Gasteiger partial charge in [0.15, 0.2) is 17.2 Å². The molecule has 4 aromatic rings. The van der Waals surface area contributed by atoms with Crippen molar-refractivity contribution in [1.82, 2.24) is 30.4 Å². The topological polar surface area (TPSA) is 232 Å². The molecule has 0 fully saturated rings. The number of halogens is 1. The lowest BCUT2D eigenvalue weighted by Crippen LogP contribution is -2.44. The molecule has 332 valence electrons. The van der Waals surface area contributed by atoms with Crippen molar-refractivity contribution in [3.63, 3.8) is 0 Å². The number of amides is 3. The van der Waals surface area contributed by atoms with Crippen molar-refractivity contribution in [2.75, 3.05) is 39.8 Å². The highest BCUT2D eigenvalue weighted by molar-refractivity contribution is 5.95. The van der Waals surface area contributed by atoms with Gasteiger partial charge in [-0.2, -0.15) is 0 Å². The lowest BCUT2D eigenvalue weighted by Gasteiger charge is -2.31. The zero-order valence-electron chi connectivity index (χ0n) is 35.6. The van der Waals surface area contributed by atoms with E-state index in [1.165, 1.54) is 10.6 Å². The van der Waals surface area contributed by atoms with Crippen LogP contribution in [0.1, 0.15) is 84.0 Å². The third-order valence-electron chi connectivity index (χ3n) is 12.4. The highest BCUT2D eigenvalue weighted by atomic mass is 19.1. The number of Topliss-reactive ketones (excluding diaryl/α,β-unsaturated/α-hetero) is 2. The highest BCUT2D eigenvalue weighted by Crippen LogP contribution is 2.46. The van der Waals surface area contributed by atoms with Gasteiger partial charge in [0.25, 0.3) is 5.56 Å². The number of ether oxygens (including phenoxy) is 1. The van der Waals surface area contributed by atoms with Gasteiger partial charge < -0.3 is 36.1 Å². The van der Waals surface area contributed by atoms with Crippen molar-refractivity contribution in [2.45, 2.75) is 83.6 Å². The number of cyclic esters (lactones) is 1. The van der Waals surface area contributed by atoms with Gasteiger partial charge >= 0.3 is 5.97 Å². The molecule has 16 nitrogen and oxygen atoms in total. The molecular weight excluding hydrogens is 814 g/mol. The number of carbonyl (C=O) groups excluding carboxylic acids is 6. The number of pyridine rings is 2. The van der Waals surface area contributed by atoms with Crippen molar-refractivity contribution < 1.29 is 43.0 Å². The van der Waals surface area contributed by atoms with E-state index in [2.05, 4.69) is 16.0 Å². The summed E-state index contributed by atoms with van der Waals surface area (Å²) in [6.45, 7) is 2.83. The molecule has 0 spiro atoms. The number of nitrogens with one attached hydrogen (secondary N) is 3. The number of aromatic nitrogens is 2. The van der Waals surface area contributed by atoms with Crippen molar-refractivity contribution in [2.24, 2.45) is 11.7 Å². The molecule has 3 amide bonds. The van der Waals surface area contributed by atoms with Gasteiger partial charge in [0, 0.05) is 41.3 Å². The van der Waals surface area contributed by atoms with E-state index in [-0.39, 0.29) is 93.6 Å². The Bertz CT molecular complexity index is 2580. The van der Waals surface area contributed by atoms with Gasteiger partial charge in [-0.05, 0) is 80.9 Å². The fourth-order valence-electron chi connectivity index (χ4n) is 9.00. The first-order valence-corrected chi connectivity index (χ1v) is 21.2. The second kappa shape index (κ2) is 18.7. The molecule has 0 saturated carbocycles. The van der Waals surface area contributed by atoms with Crippen LogP contribution >= 0.6 is 0 Å². The van der Waals surface area contributed by atoms with Crippen LogP contribution in [0.5, 0.6) is 0 Å². The van der Waals surface area contributed by atoms with Crippen LogP contribution in [-0.2, 0) is 65.1 Å². The van der Waals surface area contributed by atoms with Crippen LogP contribution < -0.4 is 27.2 Å². The first-order valence-electron chi connectivity index (χ1n) is 21.2. The Morgan fingerprint density at radius 3 is 2.52 bits per heavy atom. The number of likely N-dealkylation sites (N-methyl/N-ethyl adjacent to an activating group) is 1. The normalized spacial score (nSPS) is 17.6. The zero-order valence-corrected chi connectivity index (χ0v) is 35.6. The van der Waals surface area contributed by atoms with Gasteiger partial charge in [-0.15, -0.1) is 0 Å². The maximum atomic E-state index is 15.3. The molecule has 0 saturated heterocycles. The second-order valence-electron chi connectivity index (χ2n) is 16.7. The van der Waals surface area contributed by atoms with Crippen molar-refractivity contribution >= 4 is 46.2 Å². The van der Waals surface area contributed by atoms with Crippen LogP contribution in [0, 0.1) is 18.7 Å². The minimum absolute atomic E-state index is 0.00408. The third-order valence-corrected chi connectivity index (χ3v) is 12.4. The number of hydrogen-bond donors (Lipinski definition) is 5. The van der Waals surface area contributed by atoms with Crippen LogP contribution in [0.2, 0.25) is 0 Å². The van der Waals surface area contributed by atoms with Gasteiger partial charge in [0.05, 0.1) is 61.2 Å². The lowest BCUT2D eigenvalue weighted by molar-refractivity contribution is -0.172. The molecule has 0 radical (unpaired) electrons. The summed E-state index contributed by atoms with van der Waals surface area (Å²) in [5.74, 6) is -3.79. The van der Waals surface area contributed by atoms with Crippen LogP contribution in [0.25, 0.3) is 22.3 Å². The van der Waals surface area contributed by atoms with Crippen LogP contribution in [0.3, 0.4) is 0 Å². The Morgan fingerprint density at radius 2 is 1.79 bits per heavy atom. The molecular formula is C46H52FN7O9. The van der Waals surface area contributed by atoms with Crippen molar-refractivity contribution in [1.29, 1.82) is 0 Å². The molecule has 0 bridgehead atoms. The van der Waals surface area contributed by atoms with E-state index in [1.807, 2.05) is 30.3 Å². The number of nitrogens with two attached hydrogens (primary N) is 1. The summed E-state index contributed by atoms with van der Waals surface area (Å²) in [6, 6.07) is 11.6. The molecule has 4 heterocycles. The number of hydrogen-bond acceptors (Lipinski definition) is 12. The van der Waals surface area contributed by atoms with E-state index in [1.54, 1.807) is 31.9 Å². The number of carbonyl (C=O) groups is 6. The number of aryl methyl sites for hydroxylation is 1. The fraction of sp³-hybridized carbons (Fsp3) is 0.435. The van der Waals surface area contributed by atoms with E-state index < -0.39 is 46.7 Å². The molecule has 0 unspecified atom stereocenters. The number of ketones is 2. The Hall–Kier alpha value is -6.17. The van der Waals surface area contributed by atoms with Crippen molar-refractivity contribution in [3.05, 3.63) is 97.6 Å². The van der Waals surface area contributed by atoms with Crippen LogP contribution in [0.15, 0.2) is 47.3 Å². The van der Waals surface area contributed by atoms with E-state index >= 15 is 4.39 Å². The third kappa shape index (κ3) is 9.17. The number of rotatable bonds is 18. The Labute approximate surface area is 362 Å².